The van der Waals surface area contributed by atoms with Crippen LogP contribution in [0.1, 0.15) is 71.5 Å². The first kappa shape index (κ1) is 39.8. The molecule has 2 fully saturated rings. The van der Waals surface area contributed by atoms with E-state index in [1.165, 1.54) is 0 Å². The molecule has 1 saturated heterocycles. The average molecular weight is 765 g/mol. The van der Waals surface area contributed by atoms with E-state index in [1.807, 2.05) is 108 Å². The molecule has 4 N–H and O–H groups in total. The number of aliphatic imine (C=N–C) groups is 1. The summed E-state index contributed by atoms with van der Waals surface area (Å²) < 4.78 is 19.8. The first-order valence-corrected chi connectivity index (χ1v) is 19.9. The van der Waals surface area contributed by atoms with Gasteiger partial charge >= 0.3 is 0 Å². The topological polar surface area (TPSA) is 130 Å². The highest BCUT2D eigenvalue weighted by Crippen LogP contribution is 2.41. The minimum Gasteiger partial charge on any atom is -0.387 e. The summed E-state index contributed by atoms with van der Waals surface area (Å²) in [5.41, 5.74) is 11.8. The zero-order chi connectivity index (χ0) is 39.5. The Kier molecular flexibility index (Phi) is 13.3. The van der Waals surface area contributed by atoms with Gasteiger partial charge in [-0.15, -0.1) is 0 Å². The molecular weight excluding hydrogens is 713 g/mol. The largest absolute Gasteiger partial charge is 0.387 e. The fourth-order valence-corrected chi connectivity index (χ4v) is 7.90. The van der Waals surface area contributed by atoms with Gasteiger partial charge in [0.15, 0.2) is 0 Å². The molecule has 1 heterocycles. The van der Waals surface area contributed by atoms with Crippen molar-refractivity contribution in [2.45, 2.75) is 94.7 Å². The zero-order valence-corrected chi connectivity index (χ0v) is 32.3. The van der Waals surface area contributed by atoms with Gasteiger partial charge in [0.25, 0.3) is 0 Å². The predicted molar refractivity (Wildman–Crippen MR) is 224 cm³/mol. The van der Waals surface area contributed by atoms with Gasteiger partial charge < -0.3 is 30.0 Å². The zero-order valence-electron chi connectivity index (χ0n) is 32.3. The Hall–Kier alpha value is -5.45. The van der Waals surface area contributed by atoms with Crippen LogP contribution in [-0.2, 0) is 51.7 Å². The highest BCUT2D eigenvalue weighted by Gasteiger charge is 2.51. The number of amides is 1. The van der Waals surface area contributed by atoms with E-state index in [0.29, 0.717) is 70.6 Å². The summed E-state index contributed by atoms with van der Waals surface area (Å²) in [7, 11) is 0. The molecule has 0 aromatic heterocycles. The summed E-state index contributed by atoms with van der Waals surface area (Å²) in [6, 6.07) is 46.6. The van der Waals surface area contributed by atoms with E-state index in [4.69, 9.17) is 25.4 Å². The lowest BCUT2D eigenvalue weighted by molar-refractivity contribution is -0.232. The molecule has 9 nitrogen and oxygen atoms in total. The van der Waals surface area contributed by atoms with E-state index in [-0.39, 0.29) is 18.1 Å². The molecule has 9 heteroatoms. The lowest BCUT2D eigenvalue weighted by Gasteiger charge is -2.48. The van der Waals surface area contributed by atoms with Gasteiger partial charge in [-0.2, -0.15) is 0 Å². The third-order valence-electron chi connectivity index (χ3n) is 11.2. The van der Waals surface area contributed by atoms with Gasteiger partial charge in [-0.25, -0.2) is 4.99 Å². The van der Waals surface area contributed by atoms with Crippen molar-refractivity contribution < 1.29 is 24.1 Å². The van der Waals surface area contributed by atoms with E-state index in [0.717, 1.165) is 45.4 Å². The number of aliphatic hydroxyl groups is 1. The second kappa shape index (κ2) is 19.1. The molecule has 0 bridgehead atoms. The number of nitrogens with two attached hydrogens (primary N) is 1. The third-order valence-corrected chi connectivity index (χ3v) is 11.2. The van der Waals surface area contributed by atoms with E-state index in [9.17, 15) is 9.90 Å². The summed E-state index contributed by atoms with van der Waals surface area (Å²) in [6.45, 7) is 1.21. The Labute approximate surface area is 335 Å². The van der Waals surface area contributed by atoms with Gasteiger partial charge in [0.05, 0.1) is 50.6 Å². The van der Waals surface area contributed by atoms with Crippen molar-refractivity contribution >= 4 is 23.8 Å². The Morgan fingerprint density at radius 2 is 1.19 bits per heavy atom. The van der Waals surface area contributed by atoms with Gasteiger partial charge in [-0.1, -0.05) is 127 Å². The number of anilines is 1. The number of β-lactam (4-membered cyclic amide) rings is 1. The number of nitrogens with zero attached hydrogens (tertiary/aromatic N) is 2. The van der Waals surface area contributed by atoms with Crippen LogP contribution in [0.25, 0.3) is 0 Å². The van der Waals surface area contributed by atoms with Gasteiger partial charge in [0.1, 0.15) is 17.8 Å². The van der Waals surface area contributed by atoms with Gasteiger partial charge in [-0.05, 0) is 64.8 Å². The third kappa shape index (κ3) is 10.3. The molecule has 5 aromatic carbocycles. The van der Waals surface area contributed by atoms with Crippen LogP contribution in [0.3, 0.4) is 0 Å². The first-order valence-electron chi connectivity index (χ1n) is 19.9. The Morgan fingerprint density at radius 3 is 1.70 bits per heavy atom. The molecule has 57 heavy (non-hydrogen) atoms. The number of amidine groups is 1. The molecule has 294 valence electrons. The highest BCUT2D eigenvalue weighted by molar-refractivity contribution is 6.01. The molecule has 5 aromatic rings. The molecule has 1 saturated carbocycles. The number of ether oxygens (including phenoxy) is 3. The SMILES string of the molecule is N=CN=C(N)CCc1ccc(N2C(=O)CC2c2ccc(CCC3(O)C(OCc4ccccc4)CC(OCc4ccccc4)CC3OCc3ccccc3)cc2)cc1. The van der Waals surface area contributed by atoms with E-state index >= 15 is 0 Å². The second-order valence-electron chi connectivity index (χ2n) is 15.1. The summed E-state index contributed by atoms with van der Waals surface area (Å²) in [4.78, 5) is 18.5. The smallest absolute Gasteiger partial charge is 0.230 e. The minimum absolute atomic E-state index is 0.0466. The number of carbonyl (C=O) groups is 1. The van der Waals surface area contributed by atoms with Gasteiger partial charge in [0.2, 0.25) is 5.91 Å². The summed E-state index contributed by atoms with van der Waals surface area (Å²) >= 11 is 0. The highest BCUT2D eigenvalue weighted by atomic mass is 16.5. The van der Waals surface area contributed by atoms with Crippen molar-refractivity contribution in [3.63, 3.8) is 0 Å². The quantitative estimate of drug-likeness (QED) is 0.0468. The van der Waals surface area contributed by atoms with Gasteiger partial charge in [-0.3, -0.25) is 10.2 Å². The fourth-order valence-electron chi connectivity index (χ4n) is 7.90. The molecule has 0 spiro atoms. The van der Waals surface area contributed by atoms with Crippen molar-refractivity contribution in [1.82, 2.24) is 0 Å². The molecule has 7 rings (SSSR count). The van der Waals surface area contributed by atoms with Crippen molar-refractivity contribution in [1.29, 1.82) is 5.41 Å². The fraction of sp³-hybridized carbons (Fsp3) is 0.312. The molecule has 1 aliphatic carbocycles. The van der Waals surface area contributed by atoms with Crippen LogP contribution in [0.2, 0.25) is 0 Å². The summed E-state index contributed by atoms with van der Waals surface area (Å²) in [5, 5.41) is 19.9. The van der Waals surface area contributed by atoms with Gasteiger partial charge in [0, 0.05) is 24.9 Å². The molecule has 0 radical (unpaired) electrons. The normalized spacial score (nSPS) is 22.2. The summed E-state index contributed by atoms with van der Waals surface area (Å²) in [6.07, 6.45) is 3.60. The van der Waals surface area contributed by atoms with Crippen LogP contribution in [0.15, 0.2) is 145 Å². The summed E-state index contributed by atoms with van der Waals surface area (Å²) in [5.74, 6) is 0.515. The molecule has 1 aliphatic heterocycles. The van der Waals surface area contributed by atoms with Crippen LogP contribution in [-0.4, -0.2) is 47.1 Å². The monoisotopic (exact) mass is 764 g/mol. The number of carbonyl (C=O) groups excluding carboxylic acids is 1. The number of rotatable bonds is 18. The lowest BCUT2D eigenvalue weighted by Crippen LogP contribution is -2.60. The maximum absolute atomic E-state index is 12.9. The number of nitrogens with one attached hydrogen (secondary N) is 1. The second-order valence-corrected chi connectivity index (χ2v) is 15.1. The van der Waals surface area contributed by atoms with Crippen LogP contribution >= 0.6 is 0 Å². The molecule has 3 atom stereocenters. The van der Waals surface area contributed by atoms with Crippen LogP contribution in [0, 0.1) is 5.41 Å². The molecule has 1 amide bonds. The first-order chi connectivity index (χ1) is 27.9. The lowest BCUT2D eigenvalue weighted by atomic mass is 9.74. The number of aryl methyl sites for hydroxylation is 2. The van der Waals surface area contributed by atoms with Crippen molar-refractivity contribution in [3.8, 4) is 0 Å². The van der Waals surface area contributed by atoms with Crippen LogP contribution < -0.4 is 10.6 Å². The Bertz CT molecular complexity index is 2010. The number of benzene rings is 5. The molecule has 3 unspecified atom stereocenters. The van der Waals surface area contributed by atoms with E-state index < -0.39 is 17.8 Å². The maximum atomic E-state index is 12.9. The number of hydrogen-bond acceptors (Lipinski definition) is 6. The van der Waals surface area contributed by atoms with Crippen molar-refractivity contribution in [2.24, 2.45) is 10.7 Å². The predicted octanol–water partition coefficient (Wildman–Crippen LogP) is 8.28. The van der Waals surface area contributed by atoms with Crippen LogP contribution in [0.5, 0.6) is 0 Å². The van der Waals surface area contributed by atoms with Crippen LogP contribution in [0.4, 0.5) is 5.69 Å². The maximum Gasteiger partial charge on any atom is 0.230 e. The molecular formula is C48H52N4O5. The average Bonchev–Trinajstić information content (AvgIpc) is 3.24. The Balaban J connectivity index is 1.06. The number of hydrogen-bond donors (Lipinski definition) is 3. The standard InChI is InChI=1S/C48H52N4O5/c49-34-51-46(50)25-20-35-18-23-41(24-19-35)52-43(30-47(52)53)40-21-16-36(17-22-40)26-27-48(54)44(56-32-38-12-6-2-7-13-38)28-42(55-31-37-10-4-1-5-11-37)29-45(48)57-33-39-14-8-3-9-15-39/h1-19,21-24,34,42-45,54H,20,25-33H2,(H3,49,50,51). The van der Waals surface area contributed by atoms with E-state index in [2.05, 4.69) is 41.4 Å². The minimum atomic E-state index is -1.28. The van der Waals surface area contributed by atoms with Crippen molar-refractivity contribution in [3.05, 3.63) is 173 Å². The van der Waals surface area contributed by atoms with E-state index in [1.54, 1.807) is 0 Å². The van der Waals surface area contributed by atoms with Crippen molar-refractivity contribution in [2.75, 3.05) is 4.90 Å². The Morgan fingerprint density at radius 1 is 0.702 bits per heavy atom. The molecule has 2 aliphatic rings.